The van der Waals surface area contributed by atoms with Crippen molar-refractivity contribution < 1.29 is 9.13 Å². The lowest BCUT2D eigenvalue weighted by atomic mass is 10.1. The van der Waals surface area contributed by atoms with Crippen molar-refractivity contribution in [3.8, 4) is 17.0 Å². The van der Waals surface area contributed by atoms with Gasteiger partial charge in [0.1, 0.15) is 11.6 Å². The summed E-state index contributed by atoms with van der Waals surface area (Å²) in [6, 6.07) is 15.5. The van der Waals surface area contributed by atoms with E-state index in [0.717, 1.165) is 30.1 Å². The maximum atomic E-state index is 13.1. The summed E-state index contributed by atoms with van der Waals surface area (Å²) in [7, 11) is 1.62. The van der Waals surface area contributed by atoms with E-state index in [-0.39, 0.29) is 11.4 Å². The van der Waals surface area contributed by atoms with Gasteiger partial charge in [-0.15, -0.1) is 0 Å². The first-order valence-electron chi connectivity index (χ1n) is 9.13. The highest BCUT2D eigenvalue weighted by molar-refractivity contribution is 5.61. The van der Waals surface area contributed by atoms with Crippen molar-refractivity contribution in [2.75, 3.05) is 43.1 Å². The highest BCUT2D eigenvalue weighted by Crippen LogP contribution is 2.22. The topological polar surface area (TPSA) is 61.5 Å². The van der Waals surface area contributed by atoms with E-state index in [2.05, 4.69) is 19.8 Å². The third-order valence-electron chi connectivity index (χ3n) is 4.89. The fourth-order valence-electron chi connectivity index (χ4n) is 3.33. The van der Waals surface area contributed by atoms with E-state index in [0.29, 0.717) is 24.7 Å². The fraction of sp³-hybridized carbons (Fsp3) is 0.238. The number of hydrogen-bond acceptors (Lipinski definition) is 5. The number of hydrogen-bond donors (Lipinski definition) is 1. The van der Waals surface area contributed by atoms with Gasteiger partial charge in [-0.2, -0.15) is 0 Å². The van der Waals surface area contributed by atoms with E-state index < -0.39 is 0 Å². The second-order valence-corrected chi connectivity index (χ2v) is 6.63. The summed E-state index contributed by atoms with van der Waals surface area (Å²) < 4.78 is 18.3. The zero-order valence-corrected chi connectivity index (χ0v) is 15.6. The van der Waals surface area contributed by atoms with Crippen LogP contribution in [-0.2, 0) is 0 Å². The minimum atomic E-state index is -0.237. The van der Waals surface area contributed by atoms with Crippen molar-refractivity contribution in [2.45, 2.75) is 0 Å². The van der Waals surface area contributed by atoms with Crippen LogP contribution in [0.1, 0.15) is 0 Å². The molecule has 1 N–H and O–H groups in total. The van der Waals surface area contributed by atoms with Gasteiger partial charge in [-0.25, -0.2) is 9.37 Å². The number of H-pyrrole nitrogens is 1. The van der Waals surface area contributed by atoms with Gasteiger partial charge in [-0.3, -0.25) is 9.78 Å². The summed E-state index contributed by atoms with van der Waals surface area (Å²) in [5, 5.41) is 0. The van der Waals surface area contributed by atoms with E-state index >= 15 is 0 Å². The zero-order chi connectivity index (χ0) is 19.5. The van der Waals surface area contributed by atoms with Gasteiger partial charge in [0.05, 0.1) is 12.8 Å². The minimum absolute atomic E-state index is 0.184. The van der Waals surface area contributed by atoms with Crippen LogP contribution in [0.4, 0.5) is 16.0 Å². The van der Waals surface area contributed by atoms with Gasteiger partial charge in [-0.05, 0) is 48.5 Å². The average molecular weight is 380 g/mol. The van der Waals surface area contributed by atoms with Gasteiger partial charge >= 0.3 is 0 Å². The lowest BCUT2D eigenvalue weighted by Gasteiger charge is -2.36. The molecule has 0 saturated carbocycles. The number of ether oxygens (including phenoxy) is 1. The number of methoxy groups -OCH3 is 1. The number of benzene rings is 2. The number of piperazine rings is 1. The van der Waals surface area contributed by atoms with Crippen molar-refractivity contribution in [3.05, 3.63) is 70.8 Å². The number of anilines is 2. The Labute approximate surface area is 162 Å². The van der Waals surface area contributed by atoms with E-state index in [1.807, 2.05) is 24.3 Å². The summed E-state index contributed by atoms with van der Waals surface area (Å²) in [6.07, 6.45) is 0. The van der Waals surface area contributed by atoms with Crippen LogP contribution in [0.5, 0.6) is 5.75 Å². The van der Waals surface area contributed by atoms with Crippen LogP contribution < -0.4 is 20.1 Å². The number of nitrogens with zero attached hydrogens (tertiary/aromatic N) is 3. The maximum absolute atomic E-state index is 13.1. The number of rotatable bonds is 4. The molecule has 0 aliphatic carbocycles. The lowest BCUT2D eigenvalue weighted by Crippen LogP contribution is -2.47. The first-order chi connectivity index (χ1) is 13.6. The standard InChI is InChI=1S/C21H21FN4O2/c1-28-18-8-2-15(3-9-18)19-14-20(27)24-21(23-19)26-12-10-25(11-13-26)17-6-4-16(22)5-7-17/h2-9,14H,10-13H2,1H3,(H,23,24,27). The molecule has 144 valence electrons. The molecule has 0 atom stereocenters. The SMILES string of the molecule is COc1ccc(-c2cc(=O)[nH]c(N3CCN(c4ccc(F)cc4)CC3)n2)cc1. The molecule has 0 radical (unpaired) electrons. The molecule has 0 spiro atoms. The molecule has 7 heteroatoms. The van der Waals surface area contributed by atoms with Crippen LogP contribution in [0.2, 0.25) is 0 Å². The predicted molar refractivity (Wildman–Crippen MR) is 108 cm³/mol. The molecule has 6 nitrogen and oxygen atoms in total. The van der Waals surface area contributed by atoms with Crippen LogP contribution in [0.25, 0.3) is 11.3 Å². The van der Waals surface area contributed by atoms with Gasteiger partial charge < -0.3 is 14.5 Å². The molecule has 1 fully saturated rings. The van der Waals surface area contributed by atoms with Crippen LogP contribution in [-0.4, -0.2) is 43.3 Å². The lowest BCUT2D eigenvalue weighted by molar-refractivity contribution is 0.415. The molecular formula is C21H21FN4O2. The van der Waals surface area contributed by atoms with Crippen LogP contribution in [0.15, 0.2) is 59.4 Å². The Kier molecular flexibility index (Phi) is 4.97. The quantitative estimate of drug-likeness (QED) is 0.754. The molecule has 4 rings (SSSR count). The fourth-order valence-corrected chi connectivity index (χ4v) is 3.33. The van der Waals surface area contributed by atoms with E-state index in [1.165, 1.54) is 18.2 Å². The van der Waals surface area contributed by atoms with E-state index in [9.17, 15) is 9.18 Å². The number of halogens is 1. The number of aromatic nitrogens is 2. The third-order valence-corrected chi connectivity index (χ3v) is 4.89. The van der Waals surface area contributed by atoms with Crippen molar-refractivity contribution >= 4 is 11.6 Å². The molecule has 1 aliphatic heterocycles. The van der Waals surface area contributed by atoms with Crippen LogP contribution in [0, 0.1) is 5.82 Å². The normalized spacial score (nSPS) is 14.2. The van der Waals surface area contributed by atoms with E-state index in [4.69, 9.17) is 4.74 Å². The Hall–Kier alpha value is -3.35. The Balaban J connectivity index is 1.51. The van der Waals surface area contributed by atoms with Gasteiger partial charge in [0.2, 0.25) is 5.95 Å². The predicted octanol–water partition coefficient (Wildman–Crippen LogP) is 2.91. The van der Waals surface area contributed by atoms with Gasteiger partial charge in [0.25, 0.3) is 5.56 Å². The van der Waals surface area contributed by atoms with Gasteiger partial charge in [-0.1, -0.05) is 0 Å². The minimum Gasteiger partial charge on any atom is -0.497 e. The van der Waals surface area contributed by atoms with Crippen molar-refractivity contribution in [2.24, 2.45) is 0 Å². The summed E-state index contributed by atoms with van der Waals surface area (Å²) in [5.41, 5.74) is 2.30. The maximum Gasteiger partial charge on any atom is 0.252 e. The number of aromatic amines is 1. The molecule has 2 heterocycles. The molecule has 28 heavy (non-hydrogen) atoms. The Morgan fingerprint density at radius 2 is 1.61 bits per heavy atom. The van der Waals surface area contributed by atoms with Crippen molar-refractivity contribution in [1.82, 2.24) is 9.97 Å². The smallest absolute Gasteiger partial charge is 0.252 e. The Morgan fingerprint density at radius 1 is 0.964 bits per heavy atom. The van der Waals surface area contributed by atoms with Crippen LogP contribution >= 0.6 is 0 Å². The first kappa shape index (κ1) is 18.0. The summed E-state index contributed by atoms with van der Waals surface area (Å²) in [6.45, 7) is 2.96. The third kappa shape index (κ3) is 3.83. The highest BCUT2D eigenvalue weighted by atomic mass is 19.1. The molecule has 0 amide bonds. The monoisotopic (exact) mass is 380 g/mol. The molecule has 3 aromatic rings. The second-order valence-electron chi connectivity index (χ2n) is 6.63. The molecule has 1 aliphatic rings. The molecule has 1 saturated heterocycles. The van der Waals surface area contributed by atoms with Gasteiger partial charge in [0.15, 0.2) is 0 Å². The van der Waals surface area contributed by atoms with Gasteiger partial charge in [0, 0.05) is 43.5 Å². The molecular weight excluding hydrogens is 359 g/mol. The van der Waals surface area contributed by atoms with Crippen LogP contribution in [0.3, 0.4) is 0 Å². The summed E-state index contributed by atoms with van der Waals surface area (Å²) in [4.78, 5) is 23.9. The van der Waals surface area contributed by atoms with E-state index in [1.54, 1.807) is 19.2 Å². The first-order valence-corrected chi connectivity index (χ1v) is 9.13. The average Bonchev–Trinajstić information content (AvgIpc) is 2.74. The highest BCUT2D eigenvalue weighted by Gasteiger charge is 2.20. The Bertz CT molecular complexity index is 994. The molecule has 0 unspecified atom stereocenters. The molecule has 0 bridgehead atoms. The summed E-state index contributed by atoms with van der Waals surface area (Å²) >= 11 is 0. The zero-order valence-electron chi connectivity index (χ0n) is 15.6. The largest absolute Gasteiger partial charge is 0.497 e. The number of nitrogens with one attached hydrogen (secondary N) is 1. The molecule has 1 aromatic heterocycles. The summed E-state index contributed by atoms with van der Waals surface area (Å²) in [5.74, 6) is 1.09. The van der Waals surface area contributed by atoms with Crippen molar-refractivity contribution in [1.29, 1.82) is 0 Å². The van der Waals surface area contributed by atoms with Crippen molar-refractivity contribution in [3.63, 3.8) is 0 Å². The second kappa shape index (κ2) is 7.72. The molecule has 2 aromatic carbocycles. The Morgan fingerprint density at radius 3 is 2.25 bits per heavy atom.